The second-order valence-electron chi connectivity index (χ2n) is 5.06. The van der Waals surface area contributed by atoms with E-state index < -0.39 is 11.6 Å². The number of hydrogen-bond acceptors (Lipinski definition) is 6. The predicted octanol–water partition coefficient (Wildman–Crippen LogP) is 3.16. The standard InChI is InChI=1S/C14H18ClNO4S/c1-3-10(16-19-7-9(2)15)12-11(17)6-14(20-13(12)18)4-5-21-8-14/h17H,2-8H2,1H3. The van der Waals surface area contributed by atoms with Crippen molar-refractivity contribution >= 4 is 35.0 Å². The van der Waals surface area contributed by atoms with E-state index in [9.17, 15) is 9.90 Å². The number of nitrogens with zero attached hydrogens (tertiary/aromatic N) is 1. The van der Waals surface area contributed by atoms with Gasteiger partial charge < -0.3 is 14.7 Å². The lowest BCUT2D eigenvalue weighted by Gasteiger charge is -2.33. The first kappa shape index (κ1) is 16.2. The summed E-state index contributed by atoms with van der Waals surface area (Å²) in [4.78, 5) is 17.2. The summed E-state index contributed by atoms with van der Waals surface area (Å²) in [7, 11) is 0. The van der Waals surface area contributed by atoms with E-state index in [2.05, 4.69) is 11.7 Å². The Labute approximate surface area is 133 Å². The molecule has 7 heteroatoms. The van der Waals surface area contributed by atoms with Crippen molar-refractivity contribution in [1.29, 1.82) is 0 Å². The Hall–Kier alpha value is -1.14. The largest absolute Gasteiger partial charge is 0.511 e. The molecule has 1 unspecified atom stereocenters. The quantitative estimate of drug-likeness (QED) is 0.476. The molecule has 2 heterocycles. The number of oxime groups is 1. The third-order valence-corrected chi connectivity index (χ3v) is 4.71. The summed E-state index contributed by atoms with van der Waals surface area (Å²) in [5, 5.41) is 14.4. The highest BCUT2D eigenvalue weighted by molar-refractivity contribution is 7.99. The van der Waals surface area contributed by atoms with Gasteiger partial charge in [0, 0.05) is 12.2 Å². The van der Waals surface area contributed by atoms with E-state index in [1.54, 1.807) is 11.8 Å². The molecule has 0 amide bonds. The minimum absolute atomic E-state index is 0.0302. The molecule has 0 aliphatic carbocycles. The Morgan fingerprint density at radius 2 is 2.43 bits per heavy atom. The van der Waals surface area contributed by atoms with E-state index in [0.29, 0.717) is 23.6 Å². The zero-order chi connectivity index (χ0) is 15.5. The zero-order valence-electron chi connectivity index (χ0n) is 11.9. The second kappa shape index (κ2) is 6.75. The van der Waals surface area contributed by atoms with Gasteiger partial charge in [0.1, 0.15) is 16.9 Å². The van der Waals surface area contributed by atoms with Crippen LogP contribution in [-0.2, 0) is 14.4 Å². The van der Waals surface area contributed by atoms with Gasteiger partial charge in [-0.25, -0.2) is 4.79 Å². The summed E-state index contributed by atoms with van der Waals surface area (Å²) in [5.74, 6) is 1.15. The first-order valence-corrected chi connectivity index (χ1v) is 8.26. The van der Waals surface area contributed by atoms with Crippen LogP contribution >= 0.6 is 23.4 Å². The third-order valence-electron chi connectivity index (χ3n) is 3.38. The first-order chi connectivity index (χ1) is 9.97. The molecule has 2 aliphatic rings. The molecule has 0 saturated carbocycles. The number of halogens is 1. The average Bonchev–Trinajstić information content (AvgIpc) is 2.83. The van der Waals surface area contributed by atoms with Gasteiger partial charge in [-0.3, -0.25) is 0 Å². The van der Waals surface area contributed by atoms with Gasteiger partial charge in [-0.15, -0.1) is 0 Å². The Morgan fingerprint density at radius 1 is 1.67 bits per heavy atom. The number of esters is 1. The van der Waals surface area contributed by atoms with Crippen molar-refractivity contribution in [3.63, 3.8) is 0 Å². The van der Waals surface area contributed by atoms with Crippen LogP contribution in [0.2, 0.25) is 0 Å². The molecule has 1 spiro atoms. The number of thioether (sulfide) groups is 1. The lowest BCUT2D eigenvalue weighted by atomic mass is 9.91. The Morgan fingerprint density at radius 3 is 2.95 bits per heavy atom. The topological polar surface area (TPSA) is 68.1 Å². The van der Waals surface area contributed by atoms with Crippen LogP contribution < -0.4 is 0 Å². The summed E-state index contributed by atoms with van der Waals surface area (Å²) >= 11 is 7.31. The van der Waals surface area contributed by atoms with Gasteiger partial charge in [0.15, 0.2) is 6.61 Å². The van der Waals surface area contributed by atoms with Crippen LogP contribution in [0.3, 0.4) is 0 Å². The molecular weight excluding hydrogens is 314 g/mol. The molecule has 1 fully saturated rings. The molecule has 21 heavy (non-hydrogen) atoms. The molecule has 2 aliphatic heterocycles. The van der Waals surface area contributed by atoms with E-state index in [4.69, 9.17) is 21.2 Å². The van der Waals surface area contributed by atoms with Crippen LogP contribution in [0.25, 0.3) is 0 Å². The van der Waals surface area contributed by atoms with E-state index in [0.717, 1.165) is 17.9 Å². The van der Waals surface area contributed by atoms with Crippen LogP contribution in [0.5, 0.6) is 0 Å². The fourth-order valence-electron chi connectivity index (χ4n) is 2.36. The van der Waals surface area contributed by atoms with E-state index >= 15 is 0 Å². The predicted molar refractivity (Wildman–Crippen MR) is 83.7 cm³/mol. The summed E-state index contributed by atoms with van der Waals surface area (Å²) < 4.78 is 5.57. The Balaban J connectivity index is 2.19. The molecule has 1 atom stereocenters. The van der Waals surface area contributed by atoms with Crippen molar-refractivity contribution in [1.82, 2.24) is 0 Å². The number of carbonyl (C=O) groups excluding carboxylic acids is 1. The van der Waals surface area contributed by atoms with Gasteiger partial charge in [0.25, 0.3) is 0 Å². The molecule has 0 aromatic rings. The summed E-state index contributed by atoms with van der Waals surface area (Å²) in [6, 6.07) is 0. The van der Waals surface area contributed by atoms with Gasteiger partial charge >= 0.3 is 5.97 Å². The smallest absolute Gasteiger partial charge is 0.344 e. The normalized spacial score (nSPS) is 26.2. The summed E-state index contributed by atoms with van der Waals surface area (Å²) in [5.41, 5.74) is -0.0874. The molecule has 0 bridgehead atoms. The molecule has 116 valence electrons. The van der Waals surface area contributed by atoms with Gasteiger partial charge in [0.2, 0.25) is 0 Å². The minimum Gasteiger partial charge on any atom is -0.511 e. The van der Waals surface area contributed by atoms with E-state index in [1.807, 2.05) is 6.92 Å². The maximum atomic E-state index is 12.2. The van der Waals surface area contributed by atoms with Crippen LogP contribution in [0.15, 0.2) is 28.1 Å². The zero-order valence-corrected chi connectivity index (χ0v) is 13.4. The van der Waals surface area contributed by atoms with Gasteiger partial charge in [0.05, 0.1) is 10.7 Å². The molecule has 1 saturated heterocycles. The lowest BCUT2D eigenvalue weighted by molar-refractivity contribution is -0.155. The van der Waals surface area contributed by atoms with Crippen molar-refractivity contribution < 1.29 is 19.5 Å². The number of rotatable bonds is 5. The molecule has 0 aromatic carbocycles. The van der Waals surface area contributed by atoms with Crippen LogP contribution in [0, 0.1) is 0 Å². The SMILES string of the molecule is C=C(Cl)CON=C(CC)C1=C(O)CC2(CCSC2)OC1=O. The monoisotopic (exact) mass is 331 g/mol. The number of ether oxygens (including phenoxy) is 1. The van der Waals surface area contributed by atoms with Crippen molar-refractivity contribution in [3.05, 3.63) is 22.9 Å². The third kappa shape index (κ3) is 3.74. The molecular formula is C14H18ClNO4S. The van der Waals surface area contributed by atoms with E-state index in [-0.39, 0.29) is 17.9 Å². The first-order valence-electron chi connectivity index (χ1n) is 6.73. The highest BCUT2D eigenvalue weighted by Crippen LogP contribution is 2.40. The van der Waals surface area contributed by atoms with Crippen molar-refractivity contribution in [2.45, 2.75) is 31.8 Å². The number of aliphatic hydroxyl groups is 1. The van der Waals surface area contributed by atoms with Crippen LogP contribution in [-0.4, -0.2) is 40.5 Å². The molecule has 2 rings (SSSR count). The van der Waals surface area contributed by atoms with Crippen LogP contribution in [0.1, 0.15) is 26.2 Å². The molecule has 0 radical (unpaired) electrons. The van der Waals surface area contributed by atoms with Gasteiger partial charge in [-0.2, -0.15) is 11.8 Å². The Kier molecular flexibility index (Phi) is 5.22. The Bertz CT molecular complexity index is 509. The minimum atomic E-state index is -0.556. The van der Waals surface area contributed by atoms with Crippen LogP contribution in [0.4, 0.5) is 0 Å². The maximum Gasteiger partial charge on any atom is 0.344 e. The second-order valence-corrected chi connectivity index (χ2v) is 6.70. The fraction of sp³-hybridized carbons (Fsp3) is 0.571. The van der Waals surface area contributed by atoms with Gasteiger partial charge in [-0.05, 0) is 18.6 Å². The van der Waals surface area contributed by atoms with Crippen molar-refractivity contribution in [2.24, 2.45) is 5.16 Å². The van der Waals surface area contributed by atoms with Crippen molar-refractivity contribution in [2.75, 3.05) is 18.1 Å². The number of carbonyl (C=O) groups is 1. The highest BCUT2D eigenvalue weighted by Gasteiger charge is 2.45. The fourth-order valence-corrected chi connectivity index (χ4v) is 3.74. The number of hydrogen-bond donors (Lipinski definition) is 1. The average molecular weight is 332 g/mol. The molecule has 1 N–H and O–H groups in total. The number of aliphatic hydroxyl groups excluding tert-OH is 1. The highest BCUT2D eigenvalue weighted by atomic mass is 35.5. The summed E-state index contributed by atoms with van der Waals surface area (Å²) in [6.07, 6.45) is 1.54. The lowest BCUT2D eigenvalue weighted by Crippen LogP contribution is -2.41. The van der Waals surface area contributed by atoms with Crippen molar-refractivity contribution in [3.8, 4) is 0 Å². The van der Waals surface area contributed by atoms with Gasteiger partial charge in [-0.1, -0.05) is 30.3 Å². The maximum absolute atomic E-state index is 12.2. The summed E-state index contributed by atoms with van der Waals surface area (Å²) in [6.45, 7) is 5.36. The molecule has 0 aromatic heterocycles. The van der Waals surface area contributed by atoms with E-state index in [1.165, 1.54) is 0 Å². The molecule has 5 nitrogen and oxygen atoms in total.